The van der Waals surface area contributed by atoms with Crippen LogP contribution < -0.4 is 5.56 Å². The Balaban J connectivity index is 2.68. The van der Waals surface area contributed by atoms with E-state index >= 15 is 0 Å². The summed E-state index contributed by atoms with van der Waals surface area (Å²) in [5.41, 5.74) is -0.298. The predicted molar refractivity (Wildman–Crippen MR) is 73.7 cm³/mol. The van der Waals surface area contributed by atoms with Crippen molar-refractivity contribution in [3.63, 3.8) is 0 Å². The number of carbonyl (C=O) groups is 2. The third-order valence-corrected chi connectivity index (χ3v) is 2.93. The number of halogens is 1. The molecule has 0 aliphatic heterocycles. The molecule has 108 valence electrons. The number of carboxylic acid groups (broad SMARTS) is 1. The summed E-state index contributed by atoms with van der Waals surface area (Å²) in [4.78, 5) is 34.5. The molecular formula is C15H12FNO4. The lowest BCUT2D eigenvalue weighted by molar-refractivity contribution is -0.117. The zero-order valence-electron chi connectivity index (χ0n) is 11.2. The zero-order chi connectivity index (χ0) is 15.6. The Morgan fingerprint density at radius 2 is 1.76 bits per heavy atom. The summed E-state index contributed by atoms with van der Waals surface area (Å²) in [6.07, 6.45) is 0. The number of rotatable bonds is 4. The van der Waals surface area contributed by atoms with Crippen molar-refractivity contribution >= 4 is 11.8 Å². The van der Waals surface area contributed by atoms with E-state index in [2.05, 4.69) is 0 Å². The first-order valence-electron chi connectivity index (χ1n) is 6.12. The van der Waals surface area contributed by atoms with Crippen LogP contribution in [0.25, 0.3) is 11.3 Å². The Kier molecular flexibility index (Phi) is 3.98. The maximum atomic E-state index is 13.0. The number of carboxylic acids is 1. The number of Topliss-reactive ketones (excluding diaryl/α,β-unsaturated/α-hetero) is 1. The van der Waals surface area contributed by atoms with Gasteiger partial charge in [0.05, 0.1) is 12.2 Å². The van der Waals surface area contributed by atoms with Crippen molar-refractivity contribution in [2.24, 2.45) is 0 Å². The van der Waals surface area contributed by atoms with Gasteiger partial charge < -0.3 is 9.67 Å². The second kappa shape index (κ2) is 5.70. The van der Waals surface area contributed by atoms with Crippen LogP contribution in [0, 0.1) is 5.82 Å². The van der Waals surface area contributed by atoms with Gasteiger partial charge >= 0.3 is 5.97 Å². The van der Waals surface area contributed by atoms with E-state index in [1.165, 1.54) is 43.3 Å². The molecule has 0 bridgehead atoms. The van der Waals surface area contributed by atoms with E-state index in [0.717, 1.165) is 4.57 Å². The lowest BCUT2D eigenvalue weighted by Gasteiger charge is -2.12. The van der Waals surface area contributed by atoms with Gasteiger partial charge in [0.1, 0.15) is 17.2 Å². The van der Waals surface area contributed by atoms with Crippen LogP contribution in [0.2, 0.25) is 0 Å². The van der Waals surface area contributed by atoms with E-state index in [0.29, 0.717) is 11.3 Å². The summed E-state index contributed by atoms with van der Waals surface area (Å²) in [5.74, 6) is -2.08. The van der Waals surface area contributed by atoms with E-state index in [4.69, 9.17) is 5.11 Å². The molecule has 1 aromatic heterocycles. The molecule has 0 radical (unpaired) electrons. The Morgan fingerprint density at radius 3 is 2.29 bits per heavy atom. The Labute approximate surface area is 119 Å². The first-order valence-corrected chi connectivity index (χ1v) is 6.12. The zero-order valence-corrected chi connectivity index (χ0v) is 11.2. The van der Waals surface area contributed by atoms with Crippen LogP contribution in [0.5, 0.6) is 0 Å². The second-order valence-electron chi connectivity index (χ2n) is 4.54. The minimum absolute atomic E-state index is 0.243. The molecular weight excluding hydrogens is 277 g/mol. The van der Waals surface area contributed by atoms with Crippen LogP contribution in [0.3, 0.4) is 0 Å². The van der Waals surface area contributed by atoms with Crippen molar-refractivity contribution in [1.82, 2.24) is 4.57 Å². The topological polar surface area (TPSA) is 76.4 Å². The van der Waals surface area contributed by atoms with E-state index in [-0.39, 0.29) is 12.3 Å². The molecule has 1 heterocycles. The average Bonchev–Trinajstić information content (AvgIpc) is 2.41. The molecule has 1 aromatic carbocycles. The molecule has 0 aliphatic rings. The summed E-state index contributed by atoms with van der Waals surface area (Å²) in [6, 6.07) is 7.98. The molecule has 5 nitrogen and oxygen atoms in total. The normalized spacial score (nSPS) is 10.4. The quantitative estimate of drug-likeness (QED) is 0.933. The largest absolute Gasteiger partial charge is 0.477 e. The molecule has 0 spiro atoms. The molecule has 1 N–H and O–H groups in total. The Morgan fingerprint density at radius 1 is 1.14 bits per heavy atom. The SMILES string of the molecule is CC(=O)Cn1c(-c2ccc(F)cc2)ccc(C(=O)O)c1=O. The van der Waals surface area contributed by atoms with Crippen molar-refractivity contribution in [3.05, 3.63) is 58.1 Å². The lowest BCUT2D eigenvalue weighted by Crippen LogP contribution is -2.29. The van der Waals surface area contributed by atoms with Crippen molar-refractivity contribution in [1.29, 1.82) is 0 Å². The summed E-state index contributed by atoms with van der Waals surface area (Å²) in [5, 5.41) is 8.97. The van der Waals surface area contributed by atoms with E-state index in [1.54, 1.807) is 0 Å². The van der Waals surface area contributed by atoms with Crippen molar-refractivity contribution in [2.45, 2.75) is 13.5 Å². The highest BCUT2D eigenvalue weighted by molar-refractivity contribution is 5.88. The molecule has 0 fully saturated rings. The van der Waals surface area contributed by atoms with Crippen molar-refractivity contribution < 1.29 is 19.1 Å². The number of ketones is 1. The molecule has 0 unspecified atom stereocenters. The van der Waals surface area contributed by atoms with Crippen LogP contribution in [0.1, 0.15) is 17.3 Å². The number of hydrogen-bond donors (Lipinski definition) is 1. The molecule has 6 heteroatoms. The third kappa shape index (κ3) is 3.05. The summed E-state index contributed by atoms with van der Waals surface area (Å²) in [6.45, 7) is 1.06. The van der Waals surface area contributed by atoms with E-state index in [1.807, 2.05) is 0 Å². The van der Waals surface area contributed by atoms with Gasteiger partial charge in [-0.15, -0.1) is 0 Å². The van der Waals surface area contributed by atoms with Gasteiger partial charge in [-0.3, -0.25) is 9.59 Å². The molecule has 0 saturated carbocycles. The van der Waals surface area contributed by atoms with Gasteiger partial charge in [0.2, 0.25) is 0 Å². The first-order chi connectivity index (χ1) is 9.90. The number of carbonyl (C=O) groups excluding carboxylic acids is 1. The smallest absolute Gasteiger partial charge is 0.341 e. The number of hydrogen-bond acceptors (Lipinski definition) is 3. The Bertz CT molecular complexity index is 762. The van der Waals surface area contributed by atoms with Crippen LogP contribution in [0.4, 0.5) is 4.39 Å². The van der Waals surface area contributed by atoms with Crippen molar-refractivity contribution in [2.75, 3.05) is 0 Å². The summed E-state index contributed by atoms with van der Waals surface area (Å²) in [7, 11) is 0. The maximum Gasteiger partial charge on any atom is 0.341 e. The molecule has 0 atom stereocenters. The van der Waals surface area contributed by atoms with Gasteiger partial charge in [-0.05, 0) is 48.9 Å². The van der Waals surface area contributed by atoms with Gasteiger partial charge in [-0.1, -0.05) is 0 Å². The number of pyridine rings is 1. The second-order valence-corrected chi connectivity index (χ2v) is 4.54. The lowest BCUT2D eigenvalue weighted by atomic mass is 10.1. The predicted octanol–water partition coefficient (Wildman–Crippen LogP) is 1.94. The standard InChI is InChI=1S/C15H12FNO4/c1-9(18)8-17-13(10-2-4-11(16)5-3-10)7-6-12(14(17)19)15(20)21/h2-7H,8H2,1H3,(H,20,21). The molecule has 0 saturated heterocycles. The highest BCUT2D eigenvalue weighted by Crippen LogP contribution is 2.19. The number of aromatic nitrogens is 1. The van der Waals surface area contributed by atoms with Gasteiger partial charge in [0.25, 0.3) is 5.56 Å². The van der Waals surface area contributed by atoms with E-state index in [9.17, 15) is 18.8 Å². The van der Waals surface area contributed by atoms with Crippen molar-refractivity contribution in [3.8, 4) is 11.3 Å². The molecule has 0 aliphatic carbocycles. The molecule has 0 amide bonds. The molecule has 2 aromatic rings. The average molecular weight is 289 g/mol. The monoisotopic (exact) mass is 289 g/mol. The van der Waals surface area contributed by atoms with Crippen LogP contribution in [-0.2, 0) is 11.3 Å². The summed E-state index contributed by atoms with van der Waals surface area (Å²) < 4.78 is 14.0. The van der Waals surface area contributed by atoms with Gasteiger partial charge in [0, 0.05) is 0 Å². The van der Waals surface area contributed by atoms with Crippen LogP contribution >= 0.6 is 0 Å². The third-order valence-electron chi connectivity index (χ3n) is 2.93. The minimum atomic E-state index is -1.36. The maximum absolute atomic E-state index is 13.0. The van der Waals surface area contributed by atoms with Gasteiger partial charge in [0.15, 0.2) is 0 Å². The van der Waals surface area contributed by atoms with Gasteiger partial charge in [-0.2, -0.15) is 0 Å². The summed E-state index contributed by atoms with van der Waals surface area (Å²) >= 11 is 0. The fraction of sp³-hybridized carbons (Fsp3) is 0.133. The first kappa shape index (κ1) is 14.6. The number of aromatic carboxylic acids is 1. The van der Waals surface area contributed by atoms with E-state index < -0.39 is 22.9 Å². The molecule has 2 rings (SSSR count). The number of nitrogens with zero attached hydrogens (tertiary/aromatic N) is 1. The molecule has 21 heavy (non-hydrogen) atoms. The highest BCUT2D eigenvalue weighted by atomic mass is 19.1. The number of benzene rings is 1. The fourth-order valence-corrected chi connectivity index (χ4v) is 1.99. The highest BCUT2D eigenvalue weighted by Gasteiger charge is 2.16. The van der Waals surface area contributed by atoms with Gasteiger partial charge in [-0.25, -0.2) is 9.18 Å². The minimum Gasteiger partial charge on any atom is -0.477 e. The van der Waals surface area contributed by atoms with Crippen LogP contribution in [0.15, 0.2) is 41.2 Å². The fourth-order valence-electron chi connectivity index (χ4n) is 1.99. The van der Waals surface area contributed by atoms with Crippen LogP contribution in [-0.4, -0.2) is 21.4 Å². The Hall–Kier alpha value is -2.76.